The molecule has 0 spiro atoms. The molecule has 0 fully saturated rings. The maximum absolute atomic E-state index is 11.2. The van der Waals surface area contributed by atoms with Crippen molar-refractivity contribution in [1.29, 1.82) is 0 Å². The van der Waals surface area contributed by atoms with Crippen molar-refractivity contribution in [3.8, 4) is 0 Å². The van der Waals surface area contributed by atoms with Gasteiger partial charge in [-0.15, -0.1) is 11.6 Å². The Morgan fingerprint density at radius 2 is 2.00 bits per heavy atom. The van der Waals surface area contributed by atoms with Crippen LogP contribution in [-0.4, -0.2) is 36.1 Å². The number of halogens is 1. The van der Waals surface area contributed by atoms with Gasteiger partial charge in [0.05, 0.1) is 12.5 Å². The molecule has 0 unspecified atom stereocenters. The fourth-order valence-corrected chi connectivity index (χ4v) is 0.749. The second-order valence-corrected chi connectivity index (χ2v) is 3.14. The fourth-order valence-electron chi connectivity index (χ4n) is 0.623. The number of hydrogen-bond acceptors (Lipinski definition) is 5. The van der Waals surface area contributed by atoms with Crippen molar-refractivity contribution in [2.45, 2.75) is 26.9 Å². The molecule has 0 aromatic rings. The highest BCUT2D eigenvalue weighted by molar-refractivity contribution is 6.67. The highest BCUT2D eigenvalue weighted by Crippen LogP contribution is 1.95. The largest absolute Gasteiger partial charge is 0.461 e. The van der Waals surface area contributed by atoms with Crippen molar-refractivity contribution < 1.29 is 19.2 Å². The van der Waals surface area contributed by atoms with Crippen LogP contribution in [0.1, 0.15) is 20.8 Å². The molecule has 0 bridgehead atoms. The number of esters is 1. The molecule has 0 rings (SSSR count). The average molecular weight is 236 g/mol. The number of carbonyl (C=O) groups excluding carboxylic acids is 2. The Morgan fingerprint density at radius 1 is 1.40 bits per heavy atom. The zero-order valence-corrected chi connectivity index (χ0v) is 9.71. The standard InChI is InChI=1S/C9H14ClNO4/c1-4-14-9(13)8(7(12)5-10)11-15-6(2)3/h6H,4-5H2,1-3H3. The Balaban J connectivity index is 4.64. The summed E-state index contributed by atoms with van der Waals surface area (Å²) in [5.41, 5.74) is -0.402. The molecular weight excluding hydrogens is 222 g/mol. The van der Waals surface area contributed by atoms with Gasteiger partial charge in [-0.25, -0.2) is 4.79 Å². The molecule has 0 atom stereocenters. The van der Waals surface area contributed by atoms with Crippen molar-refractivity contribution >= 4 is 29.1 Å². The first-order valence-electron chi connectivity index (χ1n) is 4.53. The van der Waals surface area contributed by atoms with Crippen LogP contribution in [0.3, 0.4) is 0 Å². The first kappa shape index (κ1) is 13.9. The van der Waals surface area contributed by atoms with Crippen LogP contribution in [0, 0.1) is 0 Å². The van der Waals surface area contributed by atoms with E-state index >= 15 is 0 Å². The van der Waals surface area contributed by atoms with E-state index in [1.165, 1.54) is 0 Å². The van der Waals surface area contributed by atoms with Gasteiger partial charge in [-0.1, -0.05) is 5.16 Å². The lowest BCUT2D eigenvalue weighted by atomic mass is 10.3. The molecule has 0 aromatic heterocycles. The highest BCUT2D eigenvalue weighted by Gasteiger charge is 2.22. The van der Waals surface area contributed by atoms with E-state index in [9.17, 15) is 9.59 Å². The van der Waals surface area contributed by atoms with E-state index in [-0.39, 0.29) is 18.6 Å². The van der Waals surface area contributed by atoms with Crippen LogP contribution in [0.5, 0.6) is 0 Å². The predicted octanol–water partition coefficient (Wildman–Crippen LogP) is 1.14. The molecule has 6 heteroatoms. The van der Waals surface area contributed by atoms with E-state index in [2.05, 4.69) is 9.89 Å². The van der Waals surface area contributed by atoms with E-state index in [4.69, 9.17) is 16.4 Å². The highest BCUT2D eigenvalue weighted by atomic mass is 35.5. The summed E-state index contributed by atoms with van der Waals surface area (Å²) < 4.78 is 4.63. The topological polar surface area (TPSA) is 65.0 Å². The van der Waals surface area contributed by atoms with E-state index < -0.39 is 17.5 Å². The van der Waals surface area contributed by atoms with Gasteiger partial charge < -0.3 is 9.57 Å². The van der Waals surface area contributed by atoms with Crippen molar-refractivity contribution in [1.82, 2.24) is 0 Å². The minimum Gasteiger partial charge on any atom is -0.461 e. The SMILES string of the molecule is CCOC(=O)C(=NOC(C)C)C(=O)CCl. The van der Waals surface area contributed by atoms with Crippen molar-refractivity contribution in [3.05, 3.63) is 0 Å². The number of carbonyl (C=O) groups is 2. The molecule has 0 saturated carbocycles. The smallest absolute Gasteiger partial charge is 0.364 e. The van der Waals surface area contributed by atoms with Crippen LogP contribution < -0.4 is 0 Å². The molecule has 0 aromatic carbocycles. The Bertz CT molecular complexity index is 263. The van der Waals surface area contributed by atoms with Crippen LogP contribution in [0.15, 0.2) is 5.16 Å². The molecule has 0 aliphatic heterocycles. The van der Waals surface area contributed by atoms with E-state index in [1.54, 1.807) is 20.8 Å². The molecule has 0 aliphatic carbocycles. The second kappa shape index (κ2) is 7.23. The maximum atomic E-state index is 11.2. The summed E-state index contributed by atoms with van der Waals surface area (Å²) in [6.07, 6.45) is -0.224. The molecule has 0 saturated heterocycles. The predicted molar refractivity (Wildman–Crippen MR) is 56.0 cm³/mol. The van der Waals surface area contributed by atoms with Crippen molar-refractivity contribution in [2.75, 3.05) is 12.5 Å². The Morgan fingerprint density at radius 3 is 2.40 bits per heavy atom. The maximum Gasteiger partial charge on any atom is 0.364 e. The monoisotopic (exact) mass is 235 g/mol. The van der Waals surface area contributed by atoms with Gasteiger partial charge in [0.2, 0.25) is 11.5 Å². The lowest BCUT2D eigenvalue weighted by Crippen LogP contribution is -2.28. The van der Waals surface area contributed by atoms with E-state index in [1.807, 2.05) is 0 Å². The fraction of sp³-hybridized carbons (Fsp3) is 0.667. The number of alkyl halides is 1. The summed E-state index contributed by atoms with van der Waals surface area (Å²) in [7, 11) is 0. The van der Waals surface area contributed by atoms with Crippen LogP contribution in [0.25, 0.3) is 0 Å². The van der Waals surface area contributed by atoms with Crippen LogP contribution in [0.4, 0.5) is 0 Å². The van der Waals surface area contributed by atoms with Gasteiger partial charge in [-0.05, 0) is 20.8 Å². The van der Waals surface area contributed by atoms with Gasteiger partial charge in [-0.2, -0.15) is 0 Å². The van der Waals surface area contributed by atoms with Gasteiger partial charge in [0.15, 0.2) is 0 Å². The van der Waals surface area contributed by atoms with Crippen molar-refractivity contribution in [2.24, 2.45) is 5.16 Å². The van der Waals surface area contributed by atoms with Gasteiger partial charge in [0.1, 0.15) is 6.10 Å². The van der Waals surface area contributed by atoms with Crippen LogP contribution >= 0.6 is 11.6 Å². The lowest BCUT2D eigenvalue weighted by molar-refractivity contribution is -0.136. The van der Waals surface area contributed by atoms with Crippen molar-refractivity contribution in [3.63, 3.8) is 0 Å². The number of nitrogens with zero attached hydrogens (tertiary/aromatic N) is 1. The summed E-state index contributed by atoms with van der Waals surface area (Å²) in [4.78, 5) is 27.2. The summed E-state index contributed by atoms with van der Waals surface area (Å²) in [6.45, 7) is 5.23. The quantitative estimate of drug-likeness (QED) is 0.228. The van der Waals surface area contributed by atoms with E-state index in [0.29, 0.717) is 0 Å². The third-order valence-electron chi connectivity index (χ3n) is 1.21. The normalized spacial score (nSPS) is 11.4. The Kier molecular flexibility index (Phi) is 6.70. The van der Waals surface area contributed by atoms with Crippen LogP contribution in [0.2, 0.25) is 0 Å². The van der Waals surface area contributed by atoms with E-state index in [0.717, 1.165) is 0 Å². The Labute approximate surface area is 93.4 Å². The first-order chi connectivity index (χ1) is 7.02. The van der Waals surface area contributed by atoms with Gasteiger partial charge >= 0.3 is 5.97 Å². The number of ether oxygens (including phenoxy) is 1. The number of oxime groups is 1. The van der Waals surface area contributed by atoms with Gasteiger partial charge in [0, 0.05) is 0 Å². The summed E-state index contributed by atoms with van der Waals surface area (Å²) >= 11 is 5.31. The van der Waals surface area contributed by atoms with Crippen LogP contribution in [-0.2, 0) is 19.2 Å². The minimum atomic E-state index is -0.816. The lowest BCUT2D eigenvalue weighted by Gasteiger charge is -2.05. The molecular formula is C9H14ClNO4. The third-order valence-corrected chi connectivity index (χ3v) is 1.45. The molecule has 0 aliphatic rings. The molecule has 5 nitrogen and oxygen atoms in total. The average Bonchev–Trinajstić information content (AvgIpc) is 2.17. The third kappa shape index (κ3) is 5.37. The number of hydrogen-bond donors (Lipinski definition) is 0. The van der Waals surface area contributed by atoms with Gasteiger partial charge in [-0.3, -0.25) is 4.79 Å². The molecule has 0 amide bonds. The summed E-state index contributed by atoms with van der Waals surface area (Å²) in [5.74, 6) is -1.77. The first-order valence-corrected chi connectivity index (χ1v) is 5.06. The Hall–Kier alpha value is -1.10. The summed E-state index contributed by atoms with van der Waals surface area (Å²) in [6, 6.07) is 0. The minimum absolute atomic E-state index is 0.162. The zero-order chi connectivity index (χ0) is 11.8. The number of ketones is 1. The molecule has 15 heavy (non-hydrogen) atoms. The zero-order valence-electron chi connectivity index (χ0n) is 8.95. The van der Waals surface area contributed by atoms with Gasteiger partial charge in [0.25, 0.3) is 0 Å². The molecule has 86 valence electrons. The number of rotatable bonds is 6. The summed E-state index contributed by atoms with van der Waals surface area (Å²) in [5, 5.41) is 3.42. The number of Topliss-reactive ketones (excluding diaryl/α,β-unsaturated/α-hetero) is 1. The molecule has 0 heterocycles. The second-order valence-electron chi connectivity index (χ2n) is 2.87. The molecule has 0 radical (unpaired) electrons. The molecule has 0 N–H and O–H groups in total.